The van der Waals surface area contributed by atoms with Crippen LogP contribution in [0.2, 0.25) is 0 Å². The van der Waals surface area contributed by atoms with Crippen LogP contribution in [0.5, 0.6) is 5.75 Å². The van der Waals surface area contributed by atoms with E-state index in [2.05, 4.69) is 5.32 Å². The van der Waals surface area contributed by atoms with Crippen molar-refractivity contribution in [3.8, 4) is 5.75 Å². The first-order valence-electron chi connectivity index (χ1n) is 6.93. The Labute approximate surface area is 122 Å². The summed E-state index contributed by atoms with van der Waals surface area (Å²) in [6.45, 7) is 2.84. The minimum atomic E-state index is -0.480. The molecular weight excluding hydrogens is 276 g/mol. The van der Waals surface area contributed by atoms with Gasteiger partial charge in [0.25, 0.3) is 0 Å². The third-order valence-electron chi connectivity index (χ3n) is 3.04. The number of carbonyl (C=O) groups is 1. The molecule has 1 fully saturated rings. The number of nitrogens with zero attached hydrogens (tertiary/aromatic N) is 1. The Hall–Kier alpha value is -2.31. The van der Waals surface area contributed by atoms with Crippen molar-refractivity contribution >= 4 is 17.3 Å². The average molecular weight is 294 g/mol. The van der Waals surface area contributed by atoms with Crippen molar-refractivity contribution in [2.24, 2.45) is 5.92 Å². The number of rotatable bonds is 8. The molecule has 0 amide bonds. The molecule has 0 spiro atoms. The lowest BCUT2D eigenvalue weighted by molar-refractivity contribution is -0.385. The van der Waals surface area contributed by atoms with Crippen LogP contribution in [-0.4, -0.2) is 30.7 Å². The summed E-state index contributed by atoms with van der Waals surface area (Å²) >= 11 is 0. The number of esters is 1. The highest BCUT2D eigenvalue weighted by Crippen LogP contribution is 2.31. The number of benzene rings is 1. The molecule has 0 heterocycles. The highest BCUT2D eigenvalue weighted by Gasteiger charge is 2.30. The van der Waals surface area contributed by atoms with E-state index in [-0.39, 0.29) is 29.9 Å². The van der Waals surface area contributed by atoms with E-state index in [1.807, 2.05) is 0 Å². The summed E-state index contributed by atoms with van der Waals surface area (Å²) in [6, 6.07) is 4.57. The Morgan fingerprint density at radius 2 is 2.24 bits per heavy atom. The van der Waals surface area contributed by atoms with E-state index in [1.54, 1.807) is 19.1 Å². The molecule has 7 heteroatoms. The Morgan fingerprint density at radius 1 is 1.48 bits per heavy atom. The van der Waals surface area contributed by atoms with Crippen LogP contribution in [0, 0.1) is 16.0 Å². The van der Waals surface area contributed by atoms with Crippen LogP contribution >= 0.6 is 0 Å². The van der Waals surface area contributed by atoms with E-state index in [1.165, 1.54) is 6.07 Å². The van der Waals surface area contributed by atoms with Crippen molar-refractivity contribution in [2.75, 3.05) is 25.1 Å². The lowest BCUT2D eigenvalue weighted by Crippen LogP contribution is -2.14. The standard InChI is InChI=1S/C14H18N2O5/c1-2-20-13-9-11(5-6-12(13)16(18)19)15-7-8-21-14(17)10-3-4-10/h5-6,9-10,15H,2-4,7-8H2,1H3. The van der Waals surface area contributed by atoms with Gasteiger partial charge < -0.3 is 14.8 Å². The first-order valence-corrected chi connectivity index (χ1v) is 6.93. The number of anilines is 1. The molecule has 7 nitrogen and oxygen atoms in total. The number of ether oxygens (including phenoxy) is 2. The maximum absolute atomic E-state index is 11.3. The summed E-state index contributed by atoms with van der Waals surface area (Å²) in [5.74, 6) is 0.173. The van der Waals surface area contributed by atoms with E-state index in [9.17, 15) is 14.9 Å². The largest absolute Gasteiger partial charge is 0.487 e. The van der Waals surface area contributed by atoms with Crippen LogP contribution in [0.1, 0.15) is 19.8 Å². The monoisotopic (exact) mass is 294 g/mol. The molecule has 1 aromatic carbocycles. The lowest BCUT2D eigenvalue weighted by atomic mass is 10.2. The van der Waals surface area contributed by atoms with Crippen molar-refractivity contribution in [2.45, 2.75) is 19.8 Å². The molecule has 1 saturated carbocycles. The van der Waals surface area contributed by atoms with Crippen molar-refractivity contribution < 1.29 is 19.2 Å². The zero-order chi connectivity index (χ0) is 15.2. The minimum absolute atomic E-state index is 0.0671. The number of hydrogen-bond donors (Lipinski definition) is 1. The fraction of sp³-hybridized carbons (Fsp3) is 0.500. The zero-order valence-corrected chi connectivity index (χ0v) is 11.8. The summed E-state index contributed by atoms with van der Waals surface area (Å²) < 4.78 is 10.3. The number of nitro benzene ring substituents is 1. The third-order valence-corrected chi connectivity index (χ3v) is 3.04. The Balaban J connectivity index is 1.85. The van der Waals surface area contributed by atoms with Crippen molar-refractivity contribution in [1.29, 1.82) is 0 Å². The summed E-state index contributed by atoms with van der Waals surface area (Å²) in [4.78, 5) is 21.7. The molecule has 0 bridgehead atoms. The summed E-state index contributed by atoms with van der Waals surface area (Å²) in [6.07, 6.45) is 1.85. The second-order valence-corrected chi connectivity index (χ2v) is 4.74. The molecule has 1 aromatic rings. The molecular formula is C14H18N2O5. The molecule has 1 N–H and O–H groups in total. The van der Waals surface area contributed by atoms with Gasteiger partial charge in [-0.3, -0.25) is 14.9 Å². The van der Waals surface area contributed by atoms with E-state index in [4.69, 9.17) is 9.47 Å². The topological polar surface area (TPSA) is 90.7 Å². The molecule has 2 rings (SSSR count). The van der Waals surface area contributed by atoms with Crippen LogP contribution in [0.4, 0.5) is 11.4 Å². The van der Waals surface area contributed by atoms with Gasteiger partial charge in [-0.15, -0.1) is 0 Å². The molecule has 0 aliphatic heterocycles. The second kappa shape index (κ2) is 6.92. The average Bonchev–Trinajstić information content (AvgIpc) is 3.28. The third kappa shape index (κ3) is 4.34. The van der Waals surface area contributed by atoms with Crippen LogP contribution in [-0.2, 0) is 9.53 Å². The normalized spacial score (nSPS) is 13.6. The molecule has 0 aromatic heterocycles. The van der Waals surface area contributed by atoms with Gasteiger partial charge in [0.05, 0.1) is 17.4 Å². The second-order valence-electron chi connectivity index (χ2n) is 4.74. The predicted molar refractivity (Wildman–Crippen MR) is 76.4 cm³/mol. The molecule has 21 heavy (non-hydrogen) atoms. The fourth-order valence-corrected chi connectivity index (χ4v) is 1.83. The molecule has 0 atom stereocenters. The maximum atomic E-state index is 11.3. The highest BCUT2D eigenvalue weighted by atomic mass is 16.6. The maximum Gasteiger partial charge on any atom is 0.311 e. The molecule has 0 radical (unpaired) electrons. The van der Waals surface area contributed by atoms with E-state index >= 15 is 0 Å². The highest BCUT2D eigenvalue weighted by molar-refractivity contribution is 5.74. The molecule has 0 unspecified atom stereocenters. The van der Waals surface area contributed by atoms with Crippen molar-refractivity contribution in [1.82, 2.24) is 0 Å². The molecule has 1 aliphatic carbocycles. The van der Waals surface area contributed by atoms with Crippen molar-refractivity contribution in [3.63, 3.8) is 0 Å². The summed E-state index contributed by atoms with van der Waals surface area (Å²) in [5, 5.41) is 13.9. The molecule has 1 aliphatic rings. The van der Waals surface area contributed by atoms with Gasteiger partial charge in [-0.25, -0.2) is 0 Å². The van der Waals surface area contributed by atoms with Crippen LogP contribution < -0.4 is 10.1 Å². The van der Waals surface area contributed by atoms with Gasteiger partial charge in [0.2, 0.25) is 0 Å². The quantitative estimate of drug-likeness (QED) is 0.342. The van der Waals surface area contributed by atoms with Crippen LogP contribution in [0.3, 0.4) is 0 Å². The zero-order valence-electron chi connectivity index (χ0n) is 11.8. The summed E-state index contributed by atoms with van der Waals surface area (Å²) in [5.41, 5.74) is 0.620. The molecule has 114 valence electrons. The number of carbonyl (C=O) groups excluding carboxylic acids is 1. The number of nitro groups is 1. The van der Waals surface area contributed by atoms with Gasteiger partial charge in [-0.2, -0.15) is 0 Å². The first-order chi connectivity index (χ1) is 10.1. The fourth-order valence-electron chi connectivity index (χ4n) is 1.83. The van der Waals surface area contributed by atoms with Crippen molar-refractivity contribution in [3.05, 3.63) is 28.3 Å². The van der Waals surface area contributed by atoms with Crippen LogP contribution in [0.25, 0.3) is 0 Å². The van der Waals surface area contributed by atoms with Gasteiger partial charge in [0.15, 0.2) is 5.75 Å². The van der Waals surface area contributed by atoms with Crippen LogP contribution in [0.15, 0.2) is 18.2 Å². The number of nitrogens with one attached hydrogen (secondary N) is 1. The summed E-state index contributed by atoms with van der Waals surface area (Å²) in [7, 11) is 0. The predicted octanol–water partition coefficient (Wildman–Crippen LogP) is 2.36. The Kier molecular flexibility index (Phi) is 4.97. The van der Waals surface area contributed by atoms with Gasteiger partial charge >= 0.3 is 11.7 Å². The van der Waals surface area contributed by atoms with Gasteiger partial charge in [-0.05, 0) is 25.8 Å². The lowest BCUT2D eigenvalue weighted by Gasteiger charge is -2.09. The van der Waals surface area contributed by atoms with Gasteiger partial charge in [0.1, 0.15) is 6.61 Å². The van der Waals surface area contributed by atoms with Gasteiger partial charge in [-0.1, -0.05) is 0 Å². The van der Waals surface area contributed by atoms with E-state index in [0.29, 0.717) is 18.8 Å². The van der Waals surface area contributed by atoms with E-state index < -0.39 is 4.92 Å². The number of hydrogen-bond acceptors (Lipinski definition) is 6. The van der Waals surface area contributed by atoms with E-state index in [0.717, 1.165) is 12.8 Å². The Bertz CT molecular complexity index is 528. The first kappa shape index (κ1) is 15.1. The smallest absolute Gasteiger partial charge is 0.311 e. The minimum Gasteiger partial charge on any atom is -0.487 e. The molecule has 0 saturated heterocycles. The Morgan fingerprint density at radius 3 is 2.86 bits per heavy atom. The SMILES string of the molecule is CCOc1cc(NCCOC(=O)C2CC2)ccc1[N+](=O)[O-]. The van der Waals surface area contributed by atoms with Gasteiger partial charge in [0, 0.05) is 24.4 Å².